The van der Waals surface area contributed by atoms with Gasteiger partial charge in [0.1, 0.15) is 10.7 Å². The molecular formula is C12H16N2O2S. The van der Waals surface area contributed by atoms with Gasteiger partial charge in [-0.3, -0.25) is 4.79 Å². The van der Waals surface area contributed by atoms with Crippen LogP contribution in [0.3, 0.4) is 0 Å². The number of nitrogens with two attached hydrogens (primary N) is 1. The number of amides is 1. The zero-order valence-corrected chi connectivity index (χ0v) is 10.8. The summed E-state index contributed by atoms with van der Waals surface area (Å²) in [5, 5.41) is 0. The van der Waals surface area contributed by atoms with Crippen LogP contribution in [-0.4, -0.2) is 36.5 Å². The number of hydrogen-bond donors (Lipinski definition) is 1. The van der Waals surface area contributed by atoms with E-state index >= 15 is 0 Å². The smallest absolute Gasteiger partial charge is 0.225 e. The van der Waals surface area contributed by atoms with Crippen LogP contribution in [0.5, 0.6) is 5.75 Å². The maximum absolute atomic E-state index is 11.3. The third-order valence-corrected chi connectivity index (χ3v) is 2.44. The Morgan fingerprint density at radius 2 is 2.18 bits per heavy atom. The fraction of sp³-hybridized carbons (Fsp3) is 0.333. The second-order valence-electron chi connectivity index (χ2n) is 3.78. The molecule has 0 aliphatic rings. The van der Waals surface area contributed by atoms with Crippen LogP contribution in [0.15, 0.2) is 24.3 Å². The van der Waals surface area contributed by atoms with Crippen LogP contribution in [0.2, 0.25) is 0 Å². The van der Waals surface area contributed by atoms with Crippen molar-refractivity contribution in [2.75, 3.05) is 20.7 Å². The molecule has 0 aliphatic heterocycles. The van der Waals surface area contributed by atoms with E-state index in [0.717, 1.165) is 5.56 Å². The van der Waals surface area contributed by atoms with Gasteiger partial charge in [0, 0.05) is 19.7 Å². The lowest BCUT2D eigenvalue weighted by atomic mass is 10.2. The average Bonchev–Trinajstić information content (AvgIpc) is 2.29. The topological polar surface area (TPSA) is 55.6 Å². The van der Waals surface area contributed by atoms with Gasteiger partial charge in [-0.2, -0.15) is 0 Å². The number of carbonyl (C=O) groups excluding carboxylic acids is 1. The highest BCUT2D eigenvalue weighted by atomic mass is 32.1. The lowest BCUT2D eigenvalue weighted by molar-refractivity contribution is -0.129. The molecule has 0 fully saturated rings. The number of thiocarbonyl (C=S) groups is 1. The maximum atomic E-state index is 11.3. The van der Waals surface area contributed by atoms with Crippen molar-refractivity contribution < 1.29 is 9.53 Å². The molecule has 17 heavy (non-hydrogen) atoms. The molecule has 0 bridgehead atoms. The molecule has 0 aliphatic carbocycles. The molecule has 92 valence electrons. The second-order valence-corrected chi connectivity index (χ2v) is 4.22. The Balaban J connectivity index is 2.50. The van der Waals surface area contributed by atoms with E-state index < -0.39 is 0 Å². The number of benzene rings is 1. The molecule has 1 aromatic carbocycles. The van der Waals surface area contributed by atoms with Crippen molar-refractivity contribution in [1.82, 2.24) is 4.90 Å². The van der Waals surface area contributed by atoms with E-state index in [1.807, 2.05) is 18.2 Å². The van der Waals surface area contributed by atoms with E-state index in [4.69, 9.17) is 22.7 Å². The van der Waals surface area contributed by atoms with Crippen molar-refractivity contribution in [2.45, 2.75) is 6.42 Å². The number of rotatable bonds is 5. The molecule has 0 aromatic heterocycles. The molecule has 0 saturated carbocycles. The van der Waals surface area contributed by atoms with Crippen LogP contribution in [-0.2, 0) is 4.79 Å². The molecule has 4 nitrogen and oxygen atoms in total. The summed E-state index contributed by atoms with van der Waals surface area (Å²) in [5.41, 5.74) is 6.27. The standard InChI is InChI=1S/C12H16N2O2S/c1-14(2)11(15)6-7-16-10-5-3-4-9(8-10)12(13)17/h3-5,8H,6-7H2,1-2H3,(H2,13,17). The van der Waals surface area contributed by atoms with Crippen LogP contribution in [0, 0.1) is 0 Å². The van der Waals surface area contributed by atoms with Gasteiger partial charge in [-0.15, -0.1) is 0 Å². The first-order valence-corrected chi connectivity index (χ1v) is 5.64. The lowest BCUT2D eigenvalue weighted by Gasteiger charge is -2.11. The Bertz CT molecular complexity index is 419. The monoisotopic (exact) mass is 252 g/mol. The summed E-state index contributed by atoms with van der Waals surface area (Å²) >= 11 is 4.87. The average molecular weight is 252 g/mol. The Labute approximate surface area is 106 Å². The molecule has 1 aromatic rings. The van der Waals surface area contributed by atoms with E-state index in [1.54, 1.807) is 20.2 Å². The van der Waals surface area contributed by atoms with Crippen LogP contribution < -0.4 is 10.5 Å². The van der Waals surface area contributed by atoms with Crippen molar-refractivity contribution in [1.29, 1.82) is 0 Å². The predicted octanol–water partition coefficient (Wildman–Crippen LogP) is 1.18. The number of nitrogens with zero attached hydrogens (tertiary/aromatic N) is 1. The number of hydrogen-bond acceptors (Lipinski definition) is 3. The summed E-state index contributed by atoms with van der Waals surface area (Å²) in [5.74, 6) is 0.706. The first kappa shape index (κ1) is 13.4. The van der Waals surface area contributed by atoms with Gasteiger partial charge in [-0.1, -0.05) is 24.4 Å². The SMILES string of the molecule is CN(C)C(=O)CCOc1cccc(C(N)=S)c1. The van der Waals surface area contributed by atoms with E-state index in [2.05, 4.69) is 0 Å². The minimum absolute atomic E-state index is 0.0375. The van der Waals surface area contributed by atoms with Gasteiger partial charge in [0.25, 0.3) is 0 Å². The highest BCUT2D eigenvalue weighted by molar-refractivity contribution is 7.80. The van der Waals surface area contributed by atoms with Crippen molar-refractivity contribution in [3.8, 4) is 5.75 Å². The summed E-state index contributed by atoms with van der Waals surface area (Å²) in [6.07, 6.45) is 0.351. The maximum Gasteiger partial charge on any atom is 0.225 e. The Morgan fingerprint density at radius 1 is 1.47 bits per heavy atom. The van der Waals surface area contributed by atoms with Gasteiger partial charge in [0.05, 0.1) is 13.0 Å². The van der Waals surface area contributed by atoms with Crippen molar-refractivity contribution in [3.05, 3.63) is 29.8 Å². The van der Waals surface area contributed by atoms with E-state index in [0.29, 0.717) is 23.8 Å². The fourth-order valence-electron chi connectivity index (χ4n) is 1.22. The third-order valence-electron chi connectivity index (χ3n) is 2.20. The van der Waals surface area contributed by atoms with Crippen LogP contribution >= 0.6 is 12.2 Å². The largest absolute Gasteiger partial charge is 0.493 e. The van der Waals surface area contributed by atoms with Crippen molar-refractivity contribution >= 4 is 23.1 Å². The van der Waals surface area contributed by atoms with Crippen LogP contribution in [0.1, 0.15) is 12.0 Å². The first-order chi connectivity index (χ1) is 8.00. The highest BCUT2D eigenvalue weighted by Gasteiger charge is 2.04. The Morgan fingerprint density at radius 3 is 2.76 bits per heavy atom. The zero-order valence-electron chi connectivity index (χ0n) is 9.97. The van der Waals surface area contributed by atoms with Crippen molar-refractivity contribution in [2.24, 2.45) is 5.73 Å². The minimum Gasteiger partial charge on any atom is -0.493 e. The molecule has 0 radical (unpaired) electrons. The van der Waals surface area contributed by atoms with Crippen molar-refractivity contribution in [3.63, 3.8) is 0 Å². The van der Waals surface area contributed by atoms with Gasteiger partial charge in [-0.05, 0) is 12.1 Å². The van der Waals surface area contributed by atoms with Gasteiger partial charge >= 0.3 is 0 Å². The molecule has 0 unspecified atom stereocenters. The normalized spacial score (nSPS) is 9.76. The summed E-state index contributed by atoms with van der Waals surface area (Å²) in [4.78, 5) is 13.2. The summed E-state index contributed by atoms with van der Waals surface area (Å²) < 4.78 is 5.45. The number of carbonyl (C=O) groups is 1. The molecule has 0 spiro atoms. The minimum atomic E-state index is 0.0375. The Kier molecular flexibility index (Phi) is 4.90. The molecule has 0 heterocycles. The summed E-state index contributed by atoms with van der Waals surface area (Å²) in [6.45, 7) is 0.345. The molecule has 5 heteroatoms. The first-order valence-electron chi connectivity index (χ1n) is 5.23. The molecular weight excluding hydrogens is 236 g/mol. The second kappa shape index (κ2) is 6.20. The van der Waals surface area contributed by atoms with Gasteiger partial charge < -0.3 is 15.4 Å². The third kappa shape index (κ3) is 4.40. The molecule has 0 atom stereocenters. The lowest BCUT2D eigenvalue weighted by Crippen LogP contribution is -2.23. The quantitative estimate of drug-likeness (QED) is 0.799. The zero-order chi connectivity index (χ0) is 12.8. The van der Waals surface area contributed by atoms with Gasteiger partial charge in [0.2, 0.25) is 5.91 Å². The Hall–Kier alpha value is -1.62. The fourth-order valence-corrected chi connectivity index (χ4v) is 1.35. The van der Waals surface area contributed by atoms with Crippen LogP contribution in [0.25, 0.3) is 0 Å². The molecule has 1 rings (SSSR count). The predicted molar refractivity (Wildman–Crippen MR) is 71.1 cm³/mol. The van der Waals surface area contributed by atoms with E-state index in [1.165, 1.54) is 4.90 Å². The van der Waals surface area contributed by atoms with Gasteiger partial charge in [0.15, 0.2) is 0 Å². The van der Waals surface area contributed by atoms with E-state index in [-0.39, 0.29) is 5.91 Å². The summed E-state index contributed by atoms with van der Waals surface area (Å²) in [7, 11) is 3.44. The van der Waals surface area contributed by atoms with Gasteiger partial charge in [-0.25, -0.2) is 0 Å². The van der Waals surface area contributed by atoms with E-state index in [9.17, 15) is 4.79 Å². The highest BCUT2D eigenvalue weighted by Crippen LogP contribution is 2.13. The molecule has 0 saturated heterocycles. The van der Waals surface area contributed by atoms with Crippen LogP contribution in [0.4, 0.5) is 0 Å². The summed E-state index contributed by atoms with van der Waals surface area (Å²) in [6, 6.07) is 7.21. The number of ether oxygens (including phenoxy) is 1. The molecule has 2 N–H and O–H groups in total. The molecule has 1 amide bonds.